The van der Waals surface area contributed by atoms with E-state index in [1.807, 2.05) is 39.0 Å². The summed E-state index contributed by atoms with van der Waals surface area (Å²) in [5.41, 5.74) is 2.12. The zero-order valence-electron chi connectivity index (χ0n) is 11.8. The molecule has 19 heavy (non-hydrogen) atoms. The van der Waals surface area contributed by atoms with Crippen LogP contribution in [0.15, 0.2) is 18.2 Å². The van der Waals surface area contributed by atoms with Crippen LogP contribution in [-0.2, 0) is 22.5 Å². The van der Waals surface area contributed by atoms with Gasteiger partial charge < -0.3 is 14.8 Å². The van der Waals surface area contributed by atoms with E-state index in [2.05, 4.69) is 5.32 Å². The monoisotopic (exact) mass is 263 g/mol. The molecular weight excluding hydrogens is 242 g/mol. The molecule has 0 aliphatic carbocycles. The Kier molecular flexibility index (Phi) is 4.10. The number of nitrogens with one attached hydrogen (secondary N) is 1. The summed E-state index contributed by atoms with van der Waals surface area (Å²) in [6.45, 7) is 7.38. The van der Waals surface area contributed by atoms with Crippen LogP contribution in [-0.4, -0.2) is 24.7 Å². The first-order valence-electron chi connectivity index (χ1n) is 6.61. The predicted octanol–water partition coefficient (Wildman–Crippen LogP) is 2.05. The minimum absolute atomic E-state index is 0.0473. The fourth-order valence-electron chi connectivity index (χ4n) is 2.06. The van der Waals surface area contributed by atoms with Crippen LogP contribution in [0.2, 0.25) is 0 Å². The highest BCUT2D eigenvalue weighted by molar-refractivity contribution is 5.71. The maximum Gasteiger partial charge on any atom is 0.344 e. The smallest absolute Gasteiger partial charge is 0.344 e. The van der Waals surface area contributed by atoms with Crippen LogP contribution >= 0.6 is 0 Å². The van der Waals surface area contributed by atoms with Crippen LogP contribution in [0, 0.1) is 0 Å². The van der Waals surface area contributed by atoms with Gasteiger partial charge >= 0.3 is 5.97 Å². The standard InChI is InChI=1S/C15H21NO3/c1-15(2,3)19-14(17)10-18-13-5-4-12-9-16-7-6-11(12)8-13/h4-5,8,16H,6-7,9-10H2,1-3H3. The van der Waals surface area contributed by atoms with Gasteiger partial charge in [-0.25, -0.2) is 4.79 Å². The lowest BCUT2D eigenvalue weighted by Crippen LogP contribution is -2.27. The van der Waals surface area contributed by atoms with E-state index in [0.29, 0.717) is 0 Å². The fourth-order valence-corrected chi connectivity index (χ4v) is 2.06. The van der Waals surface area contributed by atoms with Crippen molar-refractivity contribution in [2.75, 3.05) is 13.2 Å². The van der Waals surface area contributed by atoms with E-state index in [1.165, 1.54) is 11.1 Å². The fraction of sp³-hybridized carbons (Fsp3) is 0.533. The van der Waals surface area contributed by atoms with Crippen LogP contribution in [0.1, 0.15) is 31.9 Å². The Labute approximate surface area is 114 Å². The first-order chi connectivity index (χ1) is 8.94. The minimum Gasteiger partial charge on any atom is -0.482 e. The molecule has 0 atom stereocenters. The molecule has 4 nitrogen and oxygen atoms in total. The summed E-state index contributed by atoms with van der Waals surface area (Å²) in [7, 11) is 0. The van der Waals surface area contributed by atoms with E-state index in [4.69, 9.17) is 9.47 Å². The molecule has 0 saturated carbocycles. The first-order valence-corrected chi connectivity index (χ1v) is 6.61. The first kappa shape index (κ1) is 13.9. The molecule has 0 aromatic heterocycles. The zero-order valence-corrected chi connectivity index (χ0v) is 11.8. The maximum atomic E-state index is 11.6. The van der Waals surface area contributed by atoms with Crippen LogP contribution in [0.3, 0.4) is 0 Å². The lowest BCUT2D eigenvalue weighted by atomic mass is 10.0. The Morgan fingerprint density at radius 3 is 2.84 bits per heavy atom. The number of fused-ring (bicyclic) bond motifs is 1. The van der Waals surface area contributed by atoms with Crippen molar-refractivity contribution < 1.29 is 14.3 Å². The van der Waals surface area contributed by atoms with Crippen molar-refractivity contribution in [1.82, 2.24) is 5.32 Å². The number of carbonyl (C=O) groups is 1. The summed E-state index contributed by atoms with van der Waals surface area (Å²) in [5.74, 6) is 0.387. The molecule has 1 heterocycles. The van der Waals surface area contributed by atoms with Gasteiger partial charge in [0.1, 0.15) is 11.4 Å². The van der Waals surface area contributed by atoms with Crippen molar-refractivity contribution in [2.24, 2.45) is 0 Å². The molecule has 1 aliphatic rings. The number of benzene rings is 1. The Morgan fingerprint density at radius 2 is 2.11 bits per heavy atom. The number of rotatable bonds is 3. The number of esters is 1. The third-order valence-electron chi connectivity index (χ3n) is 2.84. The Hall–Kier alpha value is -1.55. The molecule has 0 saturated heterocycles. The predicted molar refractivity (Wildman–Crippen MR) is 73.2 cm³/mol. The van der Waals surface area contributed by atoms with Gasteiger partial charge in [-0.2, -0.15) is 0 Å². The molecule has 0 amide bonds. The van der Waals surface area contributed by atoms with Crippen LogP contribution < -0.4 is 10.1 Å². The summed E-state index contributed by atoms with van der Waals surface area (Å²) in [4.78, 5) is 11.6. The molecule has 1 aromatic rings. The van der Waals surface area contributed by atoms with Gasteiger partial charge in [-0.05, 0) is 57.0 Å². The van der Waals surface area contributed by atoms with Gasteiger partial charge in [0.15, 0.2) is 6.61 Å². The second-order valence-corrected chi connectivity index (χ2v) is 5.73. The number of ether oxygens (including phenoxy) is 2. The van der Waals surface area contributed by atoms with Crippen molar-refractivity contribution in [3.8, 4) is 5.75 Å². The zero-order chi connectivity index (χ0) is 13.9. The summed E-state index contributed by atoms with van der Waals surface area (Å²) in [6, 6.07) is 5.96. The highest BCUT2D eigenvalue weighted by Gasteiger charge is 2.17. The molecule has 0 spiro atoms. The van der Waals surface area contributed by atoms with E-state index < -0.39 is 5.60 Å². The van der Waals surface area contributed by atoms with Gasteiger partial charge in [0, 0.05) is 6.54 Å². The molecule has 104 valence electrons. The van der Waals surface area contributed by atoms with Gasteiger partial charge in [0.2, 0.25) is 0 Å². The van der Waals surface area contributed by atoms with E-state index >= 15 is 0 Å². The van der Waals surface area contributed by atoms with Crippen LogP contribution in [0.5, 0.6) is 5.75 Å². The van der Waals surface area contributed by atoms with Crippen molar-refractivity contribution in [1.29, 1.82) is 0 Å². The van der Waals surface area contributed by atoms with Crippen LogP contribution in [0.25, 0.3) is 0 Å². The second-order valence-electron chi connectivity index (χ2n) is 5.73. The SMILES string of the molecule is CC(C)(C)OC(=O)COc1ccc2c(c1)CCNC2. The molecule has 4 heteroatoms. The molecule has 1 N–H and O–H groups in total. The largest absolute Gasteiger partial charge is 0.482 e. The molecule has 2 rings (SSSR count). The van der Waals surface area contributed by atoms with Gasteiger partial charge in [-0.15, -0.1) is 0 Å². The van der Waals surface area contributed by atoms with Crippen molar-refractivity contribution in [3.05, 3.63) is 29.3 Å². The van der Waals surface area contributed by atoms with Gasteiger partial charge in [0.25, 0.3) is 0 Å². The van der Waals surface area contributed by atoms with Crippen molar-refractivity contribution >= 4 is 5.97 Å². The summed E-state index contributed by atoms with van der Waals surface area (Å²) >= 11 is 0. The van der Waals surface area contributed by atoms with E-state index in [0.717, 1.165) is 25.3 Å². The van der Waals surface area contributed by atoms with E-state index in [-0.39, 0.29) is 12.6 Å². The Bertz CT molecular complexity index is 463. The average Bonchev–Trinajstić information content (AvgIpc) is 2.34. The second kappa shape index (κ2) is 5.61. The van der Waals surface area contributed by atoms with Gasteiger partial charge in [-0.3, -0.25) is 0 Å². The number of hydrogen-bond donors (Lipinski definition) is 1. The topological polar surface area (TPSA) is 47.6 Å². The molecule has 1 aromatic carbocycles. The van der Waals surface area contributed by atoms with Crippen LogP contribution in [0.4, 0.5) is 0 Å². The van der Waals surface area contributed by atoms with Gasteiger partial charge in [-0.1, -0.05) is 6.07 Å². The third kappa shape index (κ3) is 4.24. The lowest BCUT2D eigenvalue weighted by Gasteiger charge is -2.20. The van der Waals surface area contributed by atoms with Crippen molar-refractivity contribution in [3.63, 3.8) is 0 Å². The summed E-state index contributed by atoms with van der Waals surface area (Å²) < 4.78 is 10.7. The highest BCUT2D eigenvalue weighted by atomic mass is 16.6. The average molecular weight is 263 g/mol. The minimum atomic E-state index is -0.470. The van der Waals surface area contributed by atoms with E-state index in [1.54, 1.807) is 0 Å². The van der Waals surface area contributed by atoms with Crippen molar-refractivity contribution in [2.45, 2.75) is 39.3 Å². The summed E-state index contributed by atoms with van der Waals surface area (Å²) in [6.07, 6.45) is 0.999. The normalized spacial score (nSPS) is 14.7. The highest BCUT2D eigenvalue weighted by Crippen LogP contribution is 2.20. The van der Waals surface area contributed by atoms with Gasteiger partial charge in [0.05, 0.1) is 0 Å². The lowest BCUT2D eigenvalue weighted by molar-refractivity contribution is -0.157. The molecule has 0 unspecified atom stereocenters. The molecule has 0 bridgehead atoms. The number of carbonyl (C=O) groups excluding carboxylic acids is 1. The maximum absolute atomic E-state index is 11.6. The molecular formula is C15H21NO3. The Balaban J connectivity index is 1.91. The quantitative estimate of drug-likeness (QED) is 0.848. The number of hydrogen-bond acceptors (Lipinski definition) is 4. The van der Waals surface area contributed by atoms with E-state index in [9.17, 15) is 4.79 Å². The molecule has 0 fully saturated rings. The molecule has 1 aliphatic heterocycles. The molecule has 0 radical (unpaired) electrons. The Morgan fingerprint density at radius 1 is 1.32 bits per heavy atom. The summed E-state index contributed by atoms with van der Waals surface area (Å²) in [5, 5.41) is 3.32. The third-order valence-corrected chi connectivity index (χ3v) is 2.84.